The SMILES string of the molecule is Cc1c(CC(=O)CCCc2ccc(/C3=N/NC(=O)CCCC3)cc2)cccc1C(C)(F)F. The smallest absolute Gasteiger partial charge is 0.270 e. The van der Waals surface area contributed by atoms with Gasteiger partial charge in [0.25, 0.3) is 5.92 Å². The Morgan fingerprint density at radius 1 is 1.09 bits per heavy atom. The van der Waals surface area contributed by atoms with Crippen LogP contribution in [-0.4, -0.2) is 17.4 Å². The second-order valence-electron chi connectivity index (χ2n) is 8.54. The zero-order valence-electron chi connectivity index (χ0n) is 18.7. The van der Waals surface area contributed by atoms with Crippen LogP contribution >= 0.6 is 0 Å². The largest absolute Gasteiger partial charge is 0.299 e. The predicted molar refractivity (Wildman–Crippen MR) is 122 cm³/mol. The number of carbonyl (C=O) groups excluding carboxylic acids is 2. The van der Waals surface area contributed by atoms with Crippen molar-refractivity contribution in [3.8, 4) is 0 Å². The first-order valence-electron chi connectivity index (χ1n) is 11.2. The number of ketones is 1. The summed E-state index contributed by atoms with van der Waals surface area (Å²) in [5.74, 6) is -2.91. The number of nitrogens with zero attached hydrogens (tertiary/aromatic N) is 1. The molecule has 0 unspecified atom stereocenters. The number of alkyl halides is 2. The van der Waals surface area contributed by atoms with Gasteiger partial charge in [-0.3, -0.25) is 9.59 Å². The number of aryl methyl sites for hydroxylation is 1. The third-order valence-corrected chi connectivity index (χ3v) is 5.90. The molecule has 0 aromatic heterocycles. The lowest BCUT2D eigenvalue weighted by molar-refractivity contribution is -0.121. The van der Waals surface area contributed by atoms with Crippen LogP contribution in [-0.2, 0) is 28.4 Å². The van der Waals surface area contributed by atoms with Gasteiger partial charge in [0.1, 0.15) is 5.78 Å². The van der Waals surface area contributed by atoms with Crippen molar-refractivity contribution in [2.45, 2.75) is 71.1 Å². The van der Waals surface area contributed by atoms with Gasteiger partial charge in [0.05, 0.1) is 5.71 Å². The van der Waals surface area contributed by atoms with E-state index >= 15 is 0 Å². The number of amides is 1. The van der Waals surface area contributed by atoms with E-state index in [1.54, 1.807) is 19.1 Å². The van der Waals surface area contributed by atoms with Crippen molar-refractivity contribution in [1.29, 1.82) is 0 Å². The molecule has 0 spiro atoms. The number of hydrazone groups is 1. The van der Waals surface area contributed by atoms with Gasteiger partial charge in [-0.15, -0.1) is 0 Å². The number of Topliss-reactive ketones (excluding diaryl/α,β-unsaturated/α-hetero) is 1. The molecule has 1 heterocycles. The molecule has 32 heavy (non-hydrogen) atoms. The lowest BCUT2D eigenvalue weighted by atomic mass is 9.94. The van der Waals surface area contributed by atoms with Gasteiger partial charge in [0, 0.05) is 31.7 Å². The molecule has 0 fully saturated rings. The van der Waals surface area contributed by atoms with Crippen molar-refractivity contribution in [3.63, 3.8) is 0 Å². The van der Waals surface area contributed by atoms with Crippen molar-refractivity contribution < 1.29 is 18.4 Å². The van der Waals surface area contributed by atoms with E-state index in [4.69, 9.17) is 0 Å². The van der Waals surface area contributed by atoms with Gasteiger partial charge in [-0.25, -0.2) is 14.2 Å². The summed E-state index contributed by atoms with van der Waals surface area (Å²) in [5.41, 5.74) is 6.76. The first-order chi connectivity index (χ1) is 15.2. The molecule has 0 saturated heterocycles. The van der Waals surface area contributed by atoms with E-state index in [-0.39, 0.29) is 23.7 Å². The maximum Gasteiger partial charge on any atom is 0.270 e. The summed E-state index contributed by atoms with van der Waals surface area (Å²) < 4.78 is 27.4. The Morgan fingerprint density at radius 3 is 2.53 bits per heavy atom. The number of rotatable bonds is 8. The minimum Gasteiger partial charge on any atom is -0.299 e. The maximum atomic E-state index is 13.7. The quantitative estimate of drug-likeness (QED) is 0.578. The average Bonchev–Trinajstić information content (AvgIpc) is 2.72. The van der Waals surface area contributed by atoms with E-state index in [9.17, 15) is 18.4 Å². The minimum atomic E-state index is -2.91. The number of carbonyl (C=O) groups is 2. The molecule has 0 aliphatic carbocycles. The van der Waals surface area contributed by atoms with Crippen LogP contribution in [0.15, 0.2) is 47.6 Å². The molecule has 1 aliphatic heterocycles. The van der Waals surface area contributed by atoms with Gasteiger partial charge >= 0.3 is 0 Å². The van der Waals surface area contributed by atoms with Crippen molar-refractivity contribution in [1.82, 2.24) is 5.43 Å². The van der Waals surface area contributed by atoms with Crippen LogP contribution in [0.5, 0.6) is 0 Å². The van der Waals surface area contributed by atoms with Gasteiger partial charge in [0.15, 0.2) is 0 Å². The maximum absolute atomic E-state index is 13.7. The van der Waals surface area contributed by atoms with Gasteiger partial charge in [0.2, 0.25) is 5.91 Å². The summed E-state index contributed by atoms with van der Waals surface area (Å²) >= 11 is 0. The van der Waals surface area contributed by atoms with Crippen LogP contribution in [0.4, 0.5) is 8.78 Å². The van der Waals surface area contributed by atoms with Crippen molar-refractivity contribution in [3.05, 3.63) is 70.3 Å². The van der Waals surface area contributed by atoms with Gasteiger partial charge < -0.3 is 0 Å². The van der Waals surface area contributed by atoms with Crippen LogP contribution in [0, 0.1) is 6.92 Å². The number of nitrogens with one attached hydrogen (secondary N) is 1. The van der Waals surface area contributed by atoms with E-state index in [1.807, 2.05) is 24.3 Å². The van der Waals surface area contributed by atoms with E-state index in [1.165, 1.54) is 6.07 Å². The molecule has 0 radical (unpaired) electrons. The molecular formula is C26H30F2N2O2. The fraction of sp³-hybridized carbons (Fsp3) is 0.423. The molecule has 0 saturated carbocycles. The lowest BCUT2D eigenvalue weighted by Crippen LogP contribution is -2.21. The molecule has 1 aliphatic rings. The normalized spacial score (nSPS) is 16.5. The molecule has 3 rings (SSSR count). The zero-order valence-corrected chi connectivity index (χ0v) is 18.7. The van der Waals surface area contributed by atoms with Gasteiger partial charge in [-0.05, 0) is 61.3 Å². The monoisotopic (exact) mass is 440 g/mol. The highest BCUT2D eigenvalue weighted by atomic mass is 19.3. The van der Waals surface area contributed by atoms with E-state index in [2.05, 4.69) is 10.5 Å². The highest BCUT2D eigenvalue weighted by Crippen LogP contribution is 2.31. The molecule has 170 valence electrons. The molecule has 2 aromatic carbocycles. The van der Waals surface area contributed by atoms with Crippen LogP contribution in [0.25, 0.3) is 0 Å². The second-order valence-corrected chi connectivity index (χ2v) is 8.54. The minimum absolute atomic E-state index is 0.0173. The summed E-state index contributed by atoms with van der Waals surface area (Å²) in [6.07, 6.45) is 5.21. The summed E-state index contributed by atoms with van der Waals surface area (Å²) in [4.78, 5) is 24.0. The Bertz CT molecular complexity index is 992. The first-order valence-corrected chi connectivity index (χ1v) is 11.2. The van der Waals surface area contributed by atoms with E-state index < -0.39 is 5.92 Å². The predicted octanol–water partition coefficient (Wildman–Crippen LogP) is 5.64. The number of halogens is 2. The summed E-state index contributed by atoms with van der Waals surface area (Å²) in [5, 5.41) is 4.24. The fourth-order valence-corrected chi connectivity index (χ4v) is 4.03. The second kappa shape index (κ2) is 10.6. The average molecular weight is 441 g/mol. The standard InChI is InChI=1S/C26H30F2N2O2/c1-18-21(8-6-10-23(18)26(2,27)28)17-22(31)9-5-7-19-13-15-20(16-14-19)24-11-3-4-12-25(32)30-29-24/h6,8,10,13-16H,3-5,7,9,11-12,17H2,1-2H3,(H,30,32)/b29-24+. The third-order valence-electron chi connectivity index (χ3n) is 5.90. The van der Waals surface area contributed by atoms with Crippen LogP contribution in [0.1, 0.15) is 73.3 Å². The fourth-order valence-electron chi connectivity index (χ4n) is 4.03. The molecule has 0 bridgehead atoms. The molecular weight excluding hydrogens is 410 g/mol. The highest BCUT2D eigenvalue weighted by molar-refractivity contribution is 6.01. The van der Waals surface area contributed by atoms with E-state index in [0.29, 0.717) is 30.4 Å². The first kappa shape index (κ1) is 23.8. The molecule has 1 N–H and O–H groups in total. The van der Waals surface area contributed by atoms with Crippen molar-refractivity contribution in [2.75, 3.05) is 0 Å². The zero-order chi connectivity index (χ0) is 23.1. The van der Waals surface area contributed by atoms with Crippen LogP contribution in [0.3, 0.4) is 0 Å². The number of benzene rings is 2. The molecule has 6 heteroatoms. The Kier molecular flexibility index (Phi) is 7.89. The number of hydrogen-bond acceptors (Lipinski definition) is 3. The summed E-state index contributed by atoms with van der Waals surface area (Å²) in [6, 6.07) is 12.8. The van der Waals surface area contributed by atoms with E-state index in [0.717, 1.165) is 49.4 Å². The van der Waals surface area contributed by atoms with Crippen molar-refractivity contribution >= 4 is 17.4 Å². The Labute approximate surface area is 188 Å². The van der Waals surface area contributed by atoms with Crippen LogP contribution < -0.4 is 5.43 Å². The Morgan fingerprint density at radius 2 is 1.81 bits per heavy atom. The topological polar surface area (TPSA) is 58.5 Å². The summed E-state index contributed by atoms with van der Waals surface area (Å²) in [7, 11) is 0. The molecule has 1 amide bonds. The van der Waals surface area contributed by atoms with Gasteiger partial charge in [-0.1, -0.05) is 42.5 Å². The van der Waals surface area contributed by atoms with Gasteiger partial charge in [-0.2, -0.15) is 5.10 Å². The Hall–Kier alpha value is -2.89. The lowest BCUT2D eigenvalue weighted by Gasteiger charge is -2.16. The number of hydrogen-bond donors (Lipinski definition) is 1. The van der Waals surface area contributed by atoms with Crippen LogP contribution in [0.2, 0.25) is 0 Å². The molecule has 0 atom stereocenters. The third kappa shape index (κ3) is 6.55. The molecule has 4 nitrogen and oxygen atoms in total. The Balaban J connectivity index is 1.52. The molecule has 2 aromatic rings. The highest BCUT2D eigenvalue weighted by Gasteiger charge is 2.27. The summed E-state index contributed by atoms with van der Waals surface area (Å²) in [6.45, 7) is 2.54. The van der Waals surface area contributed by atoms with Crippen molar-refractivity contribution in [2.24, 2.45) is 5.10 Å².